The van der Waals surface area contributed by atoms with Crippen molar-refractivity contribution in [3.05, 3.63) is 11.7 Å². The number of rotatable bonds is 1. The molecule has 1 unspecified atom stereocenters. The van der Waals surface area contributed by atoms with Gasteiger partial charge in [-0.1, -0.05) is 20.8 Å². The lowest BCUT2D eigenvalue weighted by Gasteiger charge is -2.37. The van der Waals surface area contributed by atoms with Crippen LogP contribution in [0.1, 0.15) is 52.9 Å². The van der Waals surface area contributed by atoms with Crippen molar-refractivity contribution < 1.29 is 8.78 Å². The summed E-state index contributed by atoms with van der Waals surface area (Å²) in [4.78, 5) is 2.37. The van der Waals surface area contributed by atoms with Crippen LogP contribution < -0.4 is 0 Å². The first-order chi connectivity index (χ1) is 8.24. The molecule has 2 aliphatic heterocycles. The van der Waals surface area contributed by atoms with Crippen LogP contribution in [0.5, 0.6) is 0 Å². The van der Waals surface area contributed by atoms with Gasteiger partial charge in [0.2, 0.25) is 0 Å². The molecule has 0 radical (unpaired) electrons. The van der Waals surface area contributed by atoms with Crippen LogP contribution in [0, 0.1) is 10.8 Å². The van der Waals surface area contributed by atoms with Crippen molar-refractivity contribution in [2.24, 2.45) is 10.8 Å². The second kappa shape index (κ2) is 3.56. The van der Waals surface area contributed by atoms with Crippen molar-refractivity contribution >= 4 is 0 Å². The molecule has 2 saturated heterocycles. The van der Waals surface area contributed by atoms with Crippen molar-refractivity contribution in [2.45, 2.75) is 58.4 Å². The van der Waals surface area contributed by atoms with Crippen LogP contribution in [0.2, 0.25) is 0 Å². The highest BCUT2D eigenvalue weighted by Gasteiger charge is 2.61. The Hall–Kier alpha value is -0.440. The van der Waals surface area contributed by atoms with E-state index in [0.29, 0.717) is 24.0 Å². The Balaban J connectivity index is 1.89. The molecule has 0 aromatic carbocycles. The molecule has 3 aliphatic rings. The van der Waals surface area contributed by atoms with Gasteiger partial charge in [-0.05, 0) is 42.9 Å². The highest BCUT2D eigenvalue weighted by molar-refractivity contribution is 5.26. The predicted octanol–water partition coefficient (Wildman–Crippen LogP) is 4.20. The first-order valence-electron chi connectivity index (χ1n) is 7.02. The van der Waals surface area contributed by atoms with Crippen LogP contribution in [0.25, 0.3) is 0 Å². The number of fused-ring (bicyclic) bond motifs is 1. The summed E-state index contributed by atoms with van der Waals surface area (Å²) in [6.07, 6.45) is 3.99. The lowest BCUT2D eigenvalue weighted by molar-refractivity contribution is 0.129. The van der Waals surface area contributed by atoms with Crippen molar-refractivity contribution in [1.29, 1.82) is 0 Å². The average molecular weight is 255 g/mol. The first kappa shape index (κ1) is 12.6. The van der Waals surface area contributed by atoms with Gasteiger partial charge in [0.25, 0.3) is 6.08 Å². The topological polar surface area (TPSA) is 3.24 Å². The molecule has 0 aromatic heterocycles. The standard InChI is InChI=1S/C15H23F2N/c1-13(2,3)8-15-6-11(12(16)17)7-18(15)10-14(9-15)4-5-14/h4-10H2,1-3H3. The van der Waals surface area contributed by atoms with E-state index in [1.54, 1.807) is 0 Å². The normalized spacial score (nSPS) is 34.2. The summed E-state index contributed by atoms with van der Waals surface area (Å²) >= 11 is 0. The Labute approximate surface area is 108 Å². The minimum Gasteiger partial charge on any atom is -0.293 e. The number of hydrogen-bond donors (Lipinski definition) is 0. The van der Waals surface area contributed by atoms with Crippen LogP contribution in [0.4, 0.5) is 8.78 Å². The highest BCUT2D eigenvalue weighted by atomic mass is 19.3. The summed E-state index contributed by atoms with van der Waals surface area (Å²) in [6, 6.07) is 0. The molecule has 3 heteroatoms. The Kier molecular flexibility index (Phi) is 2.49. The summed E-state index contributed by atoms with van der Waals surface area (Å²) in [7, 11) is 0. The molecule has 102 valence electrons. The molecule has 0 amide bonds. The third kappa shape index (κ3) is 2.01. The van der Waals surface area contributed by atoms with Crippen molar-refractivity contribution in [3.8, 4) is 0 Å². The smallest absolute Gasteiger partial charge is 0.270 e. The van der Waals surface area contributed by atoms with Crippen molar-refractivity contribution in [3.63, 3.8) is 0 Å². The van der Waals surface area contributed by atoms with E-state index in [9.17, 15) is 8.78 Å². The van der Waals surface area contributed by atoms with Crippen LogP contribution in [-0.4, -0.2) is 23.5 Å². The van der Waals surface area contributed by atoms with Crippen LogP contribution in [0.15, 0.2) is 11.7 Å². The second-order valence-corrected chi connectivity index (χ2v) is 8.04. The van der Waals surface area contributed by atoms with Crippen molar-refractivity contribution in [1.82, 2.24) is 4.90 Å². The number of hydrogen-bond acceptors (Lipinski definition) is 1. The average Bonchev–Trinajstić information content (AvgIpc) is 2.72. The molecule has 2 heterocycles. The minimum atomic E-state index is -1.43. The molecule has 1 aliphatic carbocycles. The van der Waals surface area contributed by atoms with Gasteiger partial charge in [-0.25, -0.2) is 0 Å². The Morgan fingerprint density at radius 1 is 1.28 bits per heavy atom. The van der Waals surface area contributed by atoms with E-state index in [0.717, 1.165) is 19.4 Å². The lowest BCUT2D eigenvalue weighted by Crippen LogP contribution is -2.41. The first-order valence-corrected chi connectivity index (χ1v) is 7.02. The monoisotopic (exact) mass is 255 g/mol. The summed E-state index contributed by atoms with van der Waals surface area (Å²) in [5.41, 5.74) is 1.15. The molecule has 1 spiro atoms. The zero-order valence-electron chi connectivity index (χ0n) is 11.7. The van der Waals surface area contributed by atoms with Gasteiger partial charge in [0.1, 0.15) is 0 Å². The Morgan fingerprint density at radius 3 is 2.44 bits per heavy atom. The van der Waals surface area contributed by atoms with Crippen molar-refractivity contribution in [2.75, 3.05) is 13.1 Å². The molecule has 0 aromatic rings. The summed E-state index contributed by atoms with van der Waals surface area (Å²) in [5.74, 6) is 0. The van der Waals surface area contributed by atoms with E-state index in [1.807, 2.05) is 0 Å². The third-order valence-electron chi connectivity index (χ3n) is 4.91. The molecular formula is C15H23F2N. The molecular weight excluding hydrogens is 232 g/mol. The maximum Gasteiger partial charge on any atom is 0.270 e. The zero-order valence-corrected chi connectivity index (χ0v) is 11.7. The minimum absolute atomic E-state index is 0.0352. The fraction of sp³-hybridized carbons (Fsp3) is 0.867. The fourth-order valence-corrected chi connectivity index (χ4v) is 4.38. The third-order valence-corrected chi connectivity index (χ3v) is 4.91. The van der Waals surface area contributed by atoms with E-state index < -0.39 is 6.08 Å². The summed E-state index contributed by atoms with van der Waals surface area (Å²) in [6.45, 7) is 8.25. The van der Waals surface area contributed by atoms with E-state index in [4.69, 9.17) is 0 Å². The van der Waals surface area contributed by atoms with E-state index in [1.165, 1.54) is 12.8 Å². The molecule has 0 bridgehead atoms. The van der Waals surface area contributed by atoms with Gasteiger partial charge >= 0.3 is 0 Å². The molecule has 18 heavy (non-hydrogen) atoms. The Morgan fingerprint density at radius 2 is 1.94 bits per heavy atom. The number of halogens is 2. The van der Waals surface area contributed by atoms with Gasteiger partial charge in [-0.15, -0.1) is 0 Å². The SMILES string of the molecule is CC(C)(C)CC12CC(=C(F)F)CN1CC1(CC1)C2. The zero-order chi connectivity index (χ0) is 13.2. The maximum atomic E-state index is 12.9. The number of nitrogens with zero attached hydrogens (tertiary/aromatic N) is 1. The lowest BCUT2D eigenvalue weighted by atomic mass is 9.75. The summed E-state index contributed by atoms with van der Waals surface area (Å²) < 4.78 is 25.8. The van der Waals surface area contributed by atoms with Crippen LogP contribution in [0.3, 0.4) is 0 Å². The molecule has 1 nitrogen and oxygen atoms in total. The van der Waals surface area contributed by atoms with Gasteiger partial charge in [-0.2, -0.15) is 8.78 Å². The van der Waals surface area contributed by atoms with Gasteiger partial charge < -0.3 is 0 Å². The molecule has 3 rings (SSSR count). The maximum absolute atomic E-state index is 12.9. The van der Waals surface area contributed by atoms with E-state index >= 15 is 0 Å². The molecule has 1 saturated carbocycles. The van der Waals surface area contributed by atoms with Gasteiger partial charge in [-0.3, -0.25) is 4.90 Å². The Bertz CT molecular complexity index is 399. The van der Waals surface area contributed by atoms with Crippen LogP contribution >= 0.6 is 0 Å². The van der Waals surface area contributed by atoms with Gasteiger partial charge in [0, 0.05) is 24.2 Å². The van der Waals surface area contributed by atoms with E-state index in [-0.39, 0.29) is 11.0 Å². The second-order valence-electron chi connectivity index (χ2n) is 8.04. The predicted molar refractivity (Wildman–Crippen MR) is 68.5 cm³/mol. The van der Waals surface area contributed by atoms with Crippen LogP contribution in [-0.2, 0) is 0 Å². The highest BCUT2D eigenvalue weighted by Crippen LogP contribution is 2.63. The largest absolute Gasteiger partial charge is 0.293 e. The van der Waals surface area contributed by atoms with Gasteiger partial charge in [0.05, 0.1) is 0 Å². The fourth-order valence-electron chi connectivity index (χ4n) is 4.38. The molecule has 3 fully saturated rings. The molecule has 1 atom stereocenters. The molecule has 0 N–H and O–H groups in total. The van der Waals surface area contributed by atoms with Gasteiger partial charge in [0.15, 0.2) is 0 Å². The van der Waals surface area contributed by atoms with E-state index in [2.05, 4.69) is 25.7 Å². The quantitative estimate of drug-likeness (QED) is 0.678. The summed E-state index contributed by atoms with van der Waals surface area (Å²) in [5, 5.41) is 0.